The maximum Gasteiger partial charge on any atom is 0.306 e. The summed E-state index contributed by atoms with van der Waals surface area (Å²) in [5.41, 5.74) is 3.49. The molecular weight excluding hydrogens is 537 g/mol. The Kier molecular flexibility index (Phi) is 6.85. The van der Waals surface area contributed by atoms with Crippen molar-refractivity contribution in [2.45, 2.75) is 51.1 Å². The number of nitrogens with zero attached hydrogens (tertiary/aromatic N) is 5. The summed E-state index contributed by atoms with van der Waals surface area (Å²) in [5, 5.41) is 10.3. The van der Waals surface area contributed by atoms with E-state index in [0.29, 0.717) is 34.6 Å². The Bertz CT molecular complexity index is 1550. The summed E-state index contributed by atoms with van der Waals surface area (Å²) >= 11 is 13.1. The van der Waals surface area contributed by atoms with Gasteiger partial charge in [0.2, 0.25) is 0 Å². The molecule has 1 spiro atoms. The Hall–Kier alpha value is -3.36. The molecule has 0 amide bonds. The molecule has 2 fully saturated rings. The molecule has 39 heavy (non-hydrogen) atoms. The first kappa shape index (κ1) is 25.9. The van der Waals surface area contributed by atoms with Gasteiger partial charge in [-0.1, -0.05) is 42.3 Å². The Balaban J connectivity index is 1.38. The van der Waals surface area contributed by atoms with Crippen LogP contribution in [-0.4, -0.2) is 49.3 Å². The average molecular weight is 566 g/mol. The Morgan fingerprint density at radius 1 is 1.15 bits per heavy atom. The molecule has 1 N–H and O–H groups in total. The number of carboxylic acids is 1. The van der Waals surface area contributed by atoms with Crippen molar-refractivity contribution in [2.24, 2.45) is 5.92 Å². The number of benzene rings is 2. The zero-order chi connectivity index (χ0) is 27.1. The van der Waals surface area contributed by atoms with E-state index in [9.17, 15) is 4.79 Å². The third kappa shape index (κ3) is 4.80. The lowest BCUT2D eigenvalue weighted by atomic mass is 9.68. The van der Waals surface area contributed by atoms with Gasteiger partial charge >= 0.3 is 5.97 Å². The topological polar surface area (TPSA) is 93.4 Å². The van der Waals surface area contributed by atoms with Gasteiger partial charge in [-0.15, -0.1) is 0 Å². The van der Waals surface area contributed by atoms with E-state index >= 15 is 0 Å². The van der Waals surface area contributed by atoms with Gasteiger partial charge in [-0.25, -0.2) is 15.0 Å². The molecule has 3 heterocycles. The second kappa shape index (κ2) is 10.3. The second-order valence-corrected chi connectivity index (χ2v) is 11.4. The van der Waals surface area contributed by atoms with Gasteiger partial charge < -0.3 is 19.3 Å². The fourth-order valence-electron chi connectivity index (χ4n) is 5.51. The molecule has 202 valence electrons. The predicted molar refractivity (Wildman–Crippen MR) is 152 cm³/mol. The van der Waals surface area contributed by atoms with Gasteiger partial charge in [-0.05, 0) is 68.0 Å². The summed E-state index contributed by atoms with van der Waals surface area (Å²) in [5.74, 6) is 0.819. The van der Waals surface area contributed by atoms with Gasteiger partial charge in [0.15, 0.2) is 17.0 Å². The van der Waals surface area contributed by atoms with Crippen LogP contribution >= 0.6 is 23.2 Å². The summed E-state index contributed by atoms with van der Waals surface area (Å²) in [4.78, 5) is 28.0. The summed E-state index contributed by atoms with van der Waals surface area (Å²) in [6, 6.07) is 13.2. The SMILES string of the molecule is CC(CCOc1ccc(-c2nc3c(N4CCC45CCC5)ncnc3n2Cc2cccc(Cl)c2)c(Cl)c1)C(=O)O. The number of rotatable bonds is 9. The monoisotopic (exact) mass is 565 g/mol. The molecular formula is C29H29Cl2N5O3. The maximum atomic E-state index is 11.1. The minimum Gasteiger partial charge on any atom is -0.494 e. The standard InChI is InChI=1S/C29H29Cl2N5O3/c1-18(28(37)38)8-13-39-21-6-7-22(23(31)15-21)25-34-24-26(35(25)16-19-4-2-5-20(30)14-19)32-17-33-27(24)36-12-11-29(36)9-3-10-29/h2,4-7,14-15,17-18H,3,8-13,16H2,1H3,(H,37,38). The maximum absolute atomic E-state index is 11.1. The Morgan fingerprint density at radius 3 is 2.67 bits per heavy atom. The third-order valence-corrected chi connectivity index (χ3v) is 8.63. The van der Waals surface area contributed by atoms with Crippen molar-refractivity contribution in [3.05, 3.63) is 64.4 Å². The van der Waals surface area contributed by atoms with Gasteiger partial charge in [0, 0.05) is 22.7 Å². The van der Waals surface area contributed by atoms with Crippen LogP contribution in [0.15, 0.2) is 48.8 Å². The molecule has 1 atom stereocenters. The molecule has 2 aromatic carbocycles. The molecule has 1 aliphatic carbocycles. The van der Waals surface area contributed by atoms with E-state index in [-0.39, 0.29) is 12.1 Å². The quantitative estimate of drug-likeness (QED) is 0.248. The minimum absolute atomic E-state index is 0.215. The lowest BCUT2D eigenvalue weighted by Crippen LogP contribution is -2.64. The summed E-state index contributed by atoms with van der Waals surface area (Å²) in [7, 11) is 0. The van der Waals surface area contributed by atoms with Gasteiger partial charge in [0.05, 0.1) is 24.1 Å². The fourth-order valence-corrected chi connectivity index (χ4v) is 5.98. The van der Waals surface area contributed by atoms with Crippen LogP contribution in [0.2, 0.25) is 10.0 Å². The van der Waals surface area contributed by atoms with Crippen molar-refractivity contribution in [1.29, 1.82) is 0 Å². The van der Waals surface area contributed by atoms with Gasteiger partial charge in [0.25, 0.3) is 0 Å². The zero-order valence-electron chi connectivity index (χ0n) is 21.6. The second-order valence-electron chi connectivity index (χ2n) is 10.5. The first-order valence-electron chi connectivity index (χ1n) is 13.2. The van der Waals surface area contributed by atoms with Crippen molar-refractivity contribution in [2.75, 3.05) is 18.1 Å². The van der Waals surface area contributed by atoms with Crippen molar-refractivity contribution in [3.63, 3.8) is 0 Å². The highest BCUT2D eigenvalue weighted by atomic mass is 35.5. The third-order valence-electron chi connectivity index (χ3n) is 8.08. The lowest BCUT2D eigenvalue weighted by Gasteiger charge is -2.59. The molecule has 1 aliphatic heterocycles. The van der Waals surface area contributed by atoms with Gasteiger partial charge in [-0.2, -0.15) is 0 Å². The van der Waals surface area contributed by atoms with Crippen molar-refractivity contribution in [3.8, 4) is 17.1 Å². The molecule has 10 heteroatoms. The molecule has 0 radical (unpaired) electrons. The largest absolute Gasteiger partial charge is 0.494 e. The lowest BCUT2D eigenvalue weighted by molar-refractivity contribution is -0.141. The number of hydrogen-bond acceptors (Lipinski definition) is 6. The van der Waals surface area contributed by atoms with Crippen LogP contribution in [0, 0.1) is 5.92 Å². The molecule has 0 bridgehead atoms. The highest BCUT2D eigenvalue weighted by Crippen LogP contribution is 2.50. The summed E-state index contributed by atoms with van der Waals surface area (Å²) in [6.45, 7) is 3.43. The van der Waals surface area contributed by atoms with Crippen LogP contribution in [0.1, 0.15) is 44.6 Å². The number of aliphatic carboxylic acids is 1. The van der Waals surface area contributed by atoms with Gasteiger partial charge in [0.1, 0.15) is 17.9 Å². The van der Waals surface area contributed by atoms with E-state index in [0.717, 1.165) is 34.7 Å². The number of halogens is 2. The average Bonchev–Trinajstić information content (AvgIpc) is 3.21. The number of hydrogen-bond donors (Lipinski definition) is 1. The smallest absolute Gasteiger partial charge is 0.306 e. The fraction of sp³-hybridized carbons (Fsp3) is 0.379. The van der Waals surface area contributed by atoms with E-state index in [1.165, 1.54) is 25.7 Å². The van der Waals surface area contributed by atoms with Crippen LogP contribution in [0.25, 0.3) is 22.6 Å². The zero-order valence-corrected chi connectivity index (χ0v) is 23.1. The molecule has 1 unspecified atom stereocenters. The van der Waals surface area contributed by atoms with Crippen LogP contribution in [0.4, 0.5) is 5.82 Å². The van der Waals surface area contributed by atoms with Crippen molar-refractivity contribution < 1.29 is 14.6 Å². The van der Waals surface area contributed by atoms with Crippen molar-refractivity contribution in [1.82, 2.24) is 19.5 Å². The normalized spacial score (nSPS) is 16.6. The van der Waals surface area contributed by atoms with E-state index in [2.05, 4.69) is 14.5 Å². The Labute approximate surface area is 236 Å². The highest BCUT2D eigenvalue weighted by molar-refractivity contribution is 6.33. The van der Waals surface area contributed by atoms with E-state index in [1.807, 2.05) is 36.4 Å². The molecule has 1 saturated carbocycles. The number of ether oxygens (including phenoxy) is 1. The van der Waals surface area contributed by atoms with Crippen LogP contribution < -0.4 is 9.64 Å². The number of fused-ring (bicyclic) bond motifs is 1. The predicted octanol–water partition coefficient (Wildman–Crippen LogP) is 6.47. The molecule has 6 rings (SSSR count). The molecule has 2 aromatic heterocycles. The highest BCUT2D eigenvalue weighted by Gasteiger charge is 2.50. The summed E-state index contributed by atoms with van der Waals surface area (Å²) < 4.78 is 7.86. The molecule has 2 aliphatic rings. The first-order chi connectivity index (χ1) is 18.8. The van der Waals surface area contributed by atoms with Crippen LogP contribution in [0.5, 0.6) is 5.75 Å². The summed E-state index contributed by atoms with van der Waals surface area (Å²) in [6.07, 6.45) is 6.84. The first-order valence-corrected chi connectivity index (χ1v) is 14.0. The molecule has 1 saturated heterocycles. The van der Waals surface area contributed by atoms with Gasteiger partial charge in [-0.3, -0.25) is 4.79 Å². The molecule has 8 nitrogen and oxygen atoms in total. The number of anilines is 1. The van der Waals surface area contributed by atoms with Crippen LogP contribution in [-0.2, 0) is 11.3 Å². The number of imidazole rings is 1. The molecule has 4 aromatic rings. The number of carbonyl (C=O) groups is 1. The van der Waals surface area contributed by atoms with Crippen LogP contribution in [0.3, 0.4) is 0 Å². The van der Waals surface area contributed by atoms with E-state index < -0.39 is 11.9 Å². The van der Waals surface area contributed by atoms with E-state index in [1.54, 1.807) is 19.3 Å². The number of aromatic nitrogens is 4. The minimum atomic E-state index is -0.838. The van der Waals surface area contributed by atoms with Crippen molar-refractivity contribution >= 4 is 46.2 Å². The van der Waals surface area contributed by atoms with E-state index in [4.69, 9.17) is 43.0 Å². The number of carboxylic acid groups (broad SMARTS) is 1. The Morgan fingerprint density at radius 2 is 2.00 bits per heavy atom.